The number of rotatable bonds is 5. The molecule has 122 valence electrons. The second-order valence-electron chi connectivity index (χ2n) is 4.86. The standard InChI is InChI=1S/C16H16ClNO5/c1-4-12-9(16(20)21)6-14(23-12)15(19)18-11-5-8(2)10(17)7-13(11)22-3/h5-7H,4H2,1-3H3,(H,18,19)(H,20,21). The van der Waals surface area contributed by atoms with E-state index in [2.05, 4.69) is 5.32 Å². The highest BCUT2D eigenvalue weighted by atomic mass is 35.5. The summed E-state index contributed by atoms with van der Waals surface area (Å²) in [7, 11) is 1.46. The average molecular weight is 338 g/mol. The molecule has 0 fully saturated rings. The van der Waals surface area contributed by atoms with E-state index in [4.69, 9.17) is 25.9 Å². The topological polar surface area (TPSA) is 88.8 Å². The fourth-order valence-electron chi connectivity index (χ4n) is 2.10. The Balaban J connectivity index is 2.33. The van der Waals surface area contributed by atoms with Crippen LogP contribution in [-0.2, 0) is 6.42 Å². The Morgan fingerprint density at radius 1 is 1.35 bits per heavy atom. The van der Waals surface area contributed by atoms with Crippen LogP contribution in [0.25, 0.3) is 0 Å². The zero-order valence-electron chi connectivity index (χ0n) is 12.9. The SMILES string of the molecule is CCc1oc(C(=O)Nc2cc(C)c(Cl)cc2OC)cc1C(=O)O. The highest BCUT2D eigenvalue weighted by molar-refractivity contribution is 6.31. The van der Waals surface area contributed by atoms with Gasteiger partial charge in [-0.05, 0) is 18.6 Å². The van der Waals surface area contributed by atoms with Crippen LogP contribution in [0.4, 0.5) is 5.69 Å². The number of benzene rings is 1. The predicted octanol–water partition coefficient (Wildman–Crippen LogP) is 3.76. The Morgan fingerprint density at radius 2 is 2.04 bits per heavy atom. The van der Waals surface area contributed by atoms with E-state index >= 15 is 0 Å². The fourth-order valence-corrected chi connectivity index (χ4v) is 2.25. The van der Waals surface area contributed by atoms with Crippen LogP contribution in [0.3, 0.4) is 0 Å². The summed E-state index contributed by atoms with van der Waals surface area (Å²) in [5.74, 6) is -1.12. The summed E-state index contributed by atoms with van der Waals surface area (Å²) in [6, 6.07) is 4.47. The Morgan fingerprint density at radius 3 is 2.57 bits per heavy atom. The molecule has 0 saturated carbocycles. The lowest BCUT2D eigenvalue weighted by molar-refractivity contribution is 0.0694. The highest BCUT2D eigenvalue weighted by Gasteiger charge is 2.21. The van der Waals surface area contributed by atoms with E-state index in [-0.39, 0.29) is 17.1 Å². The molecule has 0 aliphatic heterocycles. The lowest BCUT2D eigenvalue weighted by Gasteiger charge is -2.11. The molecule has 23 heavy (non-hydrogen) atoms. The van der Waals surface area contributed by atoms with Crippen molar-refractivity contribution in [2.24, 2.45) is 0 Å². The van der Waals surface area contributed by atoms with Crippen molar-refractivity contribution in [3.05, 3.63) is 45.9 Å². The molecule has 2 N–H and O–H groups in total. The van der Waals surface area contributed by atoms with E-state index in [1.165, 1.54) is 13.2 Å². The highest BCUT2D eigenvalue weighted by Crippen LogP contribution is 2.31. The van der Waals surface area contributed by atoms with Gasteiger partial charge in [0.1, 0.15) is 17.1 Å². The summed E-state index contributed by atoms with van der Waals surface area (Å²) in [4.78, 5) is 23.4. The molecule has 1 aromatic heterocycles. The molecule has 0 aliphatic rings. The van der Waals surface area contributed by atoms with E-state index in [0.29, 0.717) is 22.9 Å². The zero-order valence-corrected chi connectivity index (χ0v) is 13.7. The average Bonchev–Trinajstić information content (AvgIpc) is 2.95. The number of aryl methyl sites for hydroxylation is 2. The number of aromatic carboxylic acids is 1. The van der Waals surface area contributed by atoms with Crippen LogP contribution >= 0.6 is 11.6 Å². The van der Waals surface area contributed by atoms with Crippen molar-refractivity contribution in [3.63, 3.8) is 0 Å². The van der Waals surface area contributed by atoms with Gasteiger partial charge in [0.05, 0.1) is 12.8 Å². The summed E-state index contributed by atoms with van der Waals surface area (Å²) in [6.45, 7) is 3.54. The van der Waals surface area contributed by atoms with Crippen LogP contribution in [0.5, 0.6) is 5.75 Å². The molecule has 7 heteroatoms. The molecule has 6 nitrogen and oxygen atoms in total. The molecular formula is C16H16ClNO5. The van der Waals surface area contributed by atoms with E-state index in [1.807, 2.05) is 0 Å². The van der Waals surface area contributed by atoms with E-state index < -0.39 is 11.9 Å². The zero-order chi connectivity index (χ0) is 17.1. The number of halogens is 1. The first-order chi connectivity index (χ1) is 10.9. The van der Waals surface area contributed by atoms with Gasteiger partial charge in [0.2, 0.25) is 0 Å². The van der Waals surface area contributed by atoms with Crippen molar-refractivity contribution >= 4 is 29.2 Å². The molecule has 0 bridgehead atoms. The maximum absolute atomic E-state index is 12.3. The van der Waals surface area contributed by atoms with Crippen LogP contribution in [0.2, 0.25) is 5.02 Å². The van der Waals surface area contributed by atoms with Crippen LogP contribution in [0.1, 0.15) is 39.2 Å². The molecule has 0 saturated heterocycles. The van der Waals surface area contributed by atoms with Crippen LogP contribution in [-0.4, -0.2) is 24.1 Å². The van der Waals surface area contributed by atoms with Gasteiger partial charge < -0.3 is 19.6 Å². The third kappa shape index (κ3) is 3.48. The molecule has 0 aliphatic carbocycles. The molecule has 2 aromatic rings. The van der Waals surface area contributed by atoms with E-state index in [0.717, 1.165) is 5.56 Å². The minimum atomic E-state index is -1.13. The van der Waals surface area contributed by atoms with Crippen molar-refractivity contribution in [1.82, 2.24) is 0 Å². The predicted molar refractivity (Wildman–Crippen MR) is 85.7 cm³/mol. The first-order valence-electron chi connectivity index (χ1n) is 6.88. The largest absolute Gasteiger partial charge is 0.495 e. The molecule has 2 rings (SSSR count). The number of carboxylic acids is 1. The number of hydrogen-bond donors (Lipinski definition) is 2. The molecule has 0 atom stereocenters. The van der Waals surface area contributed by atoms with E-state index in [1.54, 1.807) is 26.0 Å². The molecule has 1 aromatic carbocycles. The second kappa shape index (κ2) is 6.75. The van der Waals surface area contributed by atoms with Crippen molar-refractivity contribution in [2.75, 3.05) is 12.4 Å². The number of furan rings is 1. The number of carboxylic acid groups (broad SMARTS) is 1. The number of amides is 1. The normalized spacial score (nSPS) is 10.4. The van der Waals surface area contributed by atoms with E-state index in [9.17, 15) is 9.59 Å². The molecule has 0 radical (unpaired) electrons. The minimum Gasteiger partial charge on any atom is -0.495 e. The molecule has 1 amide bonds. The number of nitrogens with one attached hydrogen (secondary N) is 1. The Bertz CT molecular complexity index is 766. The summed E-state index contributed by atoms with van der Waals surface area (Å²) >= 11 is 6.02. The number of methoxy groups -OCH3 is 1. The Kier molecular flexibility index (Phi) is 4.95. The monoisotopic (exact) mass is 337 g/mol. The second-order valence-corrected chi connectivity index (χ2v) is 5.27. The molecule has 0 unspecified atom stereocenters. The van der Waals surface area contributed by atoms with Gasteiger partial charge in [0, 0.05) is 23.6 Å². The number of anilines is 1. The molecule has 1 heterocycles. The van der Waals surface area contributed by atoms with Gasteiger partial charge in [-0.1, -0.05) is 18.5 Å². The Hall–Kier alpha value is -2.47. The van der Waals surface area contributed by atoms with Gasteiger partial charge in [-0.3, -0.25) is 4.79 Å². The Labute approximate surface area is 138 Å². The summed E-state index contributed by atoms with van der Waals surface area (Å²) < 4.78 is 10.5. The van der Waals surface area contributed by atoms with Crippen molar-refractivity contribution in [1.29, 1.82) is 0 Å². The lowest BCUT2D eigenvalue weighted by Crippen LogP contribution is -2.12. The van der Waals surface area contributed by atoms with Crippen molar-refractivity contribution < 1.29 is 23.8 Å². The van der Waals surface area contributed by atoms with Gasteiger partial charge in [-0.15, -0.1) is 0 Å². The first kappa shape index (κ1) is 16.9. The molecule has 0 spiro atoms. The maximum atomic E-state index is 12.3. The van der Waals surface area contributed by atoms with Gasteiger partial charge in [-0.2, -0.15) is 0 Å². The third-order valence-corrected chi connectivity index (χ3v) is 3.72. The quantitative estimate of drug-likeness (QED) is 0.867. The van der Waals surface area contributed by atoms with Crippen LogP contribution in [0, 0.1) is 6.92 Å². The smallest absolute Gasteiger partial charge is 0.339 e. The van der Waals surface area contributed by atoms with Crippen LogP contribution in [0.15, 0.2) is 22.6 Å². The van der Waals surface area contributed by atoms with Crippen molar-refractivity contribution in [3.8, 4) is 5.75 Å². The fraction of sp³-hybridized carbons (Fsp3) is 0.250. The molecular weight excluding hydrogens is 322 g/mol. The summed E-state index contributed by atoms with van der Waals surface area (Å²) in [5.41, 5.74) is 1.17. The summed E-state index contributed by atoms with van der Waals surface area (Å²) in [5, 5.41) is 12.3. The number of hydrogen-bond acceptors (Lipinski definition) is 4. The number of carbonyl (C=O) groups excluding carboxylic acids is 1. The number of carbonyl (C=O) groups is 2. The van der Waals surface area contributed by atoms with Crippen molar-refractivity contribution in [2.45, 2.75) is 20.3 Å². The minimum absolute atomic E-state index is 0.0168. The van der Waals surface area contributed by atoms with Crippen LogP contribution < -0.4 is 10.1 Å². The van der Waals surface area contributed by atoms with Gasteiger partial charge in [0.25, 0.3) is 5.91 Å². The first-order valence-corrected chi connectivity index (χ1v) is 7.26. The lowest BCUT2D eigenvalue weighted by atomic mass is 10.2. The summed E-state index contributed by atoms with van der Waals surface area (Å²) in [6.07, 6.45) is 0.373. The van der Waals surface area contributed by atoms with Gasteiger partial charge in [0.15, 0.2) is 5.76 Å². The number of ether oxygens (including phenoxy) is 1. The van der Waals surface area contributed by atoms with Gasteiger partial charge in [-0.25, -0.2) is 4.79 Å². The van der Waals surface area contributed by atoms with Gasteiger partial charge >= 0.3 is 5.97 Å². The maximum Gasteiger partial charge on any atom is 0.339 e. The third-order valence-electron chi connectivity index (χ3n) is 3.31.